The van der Waals surface area contributed by atoms with Crippen LogP contribution in [-0.2, 0) is 0 Å². The van der Waals surface area contributed by atoms with E-state index in [-0.39, 0.29) is 5.38 Å². The Bertz CT molecular complexity index is 501. The summed E-state index contributed by atoms with van der Waals surface area (Å²) in [6, 6.07) is 10.5. The van der Waals surface area contributed by atoms with Gasteiger partial charge in [0.25, 0.3) is 0 Å². The minimum absolute atomic E-state index is 0.0971. The summed E-state index contributed by atoms with van der Waals surface area (Å²) in [6.45, 7) is 4.38. The molecule has 0 spiro atoms. The van der Waals surface area contributed by atoms with E-state index in [0.717, 1.165) is 16.2 Å². The number of hydrogen-bond donors (Lipinski definition) is 0. The fourth-order valence-corrected chi connectivity index (χ4v) is 3.01. The van der Waals surface area contributed by atoms with Gasteiger partial charge in [-0.25, -0.2) is 0 Å². The summed E-state index contributed by atoms with van der Waals surface area (Å²) >= 11 is 8.12. The minimum atomic E-state index is -0.0971. The van der Waals surface area contributed by atoms with Crippen molar-refractivity contribution in [3.63, 3.8) is 0 Å². The van der Waals surface area contributed by atoms with Crippen LogP contribution in [0, 0.1) is 0 Å². The van der Waals surface area contributed by atoms with E-state index in [1.165, 1.54) is 5.56 Å². The van der Waals surface area contributed by atoms with E-state index in [1.807, 2.05) is 11.4 Å². The molecule has 0 bridgehead atoms. The van der Waals surface area contributed by atoms with Crippen molar-refractivity contribution in [1.82, 2.24) is 0 Å². The highest BCUT2D eigenvalue weighted by Gasteiger charge is 2.13. The fraction of sp³-hybridized carbons (Fsp3) is 0.333. The van der Waals surface area contributed by atoms with Gasteiger partial charge in [-0.1, -0.05) is 38.1 Å². The molecule has 2 aromatic rings. The molecule has 3 heteroatoms. The highest BCUT2D eigenvalue weighted by Crippen LogP contribution is 2.35. The lowest BCUT2D eigenvalue weighted by molar-refractivity contribution is 0.416. The quantitative estimate of drug-likeness (QED) is 0.699. The lowest BCUT2D eigenvalue weighted by atomic mass is 10.0. The highest BCUT2D eigenvalue weighted by atomic mass is 35.5. The topological polar surface area (TPSA) is 9.23 Å². The predicted octanol–water partition coefficient (Wildman–Crippen LogP) is 5.21. The van der Waals surface area contributed by atoms with Gasteiger partial charge in [-0.3, -0.25) is 0 Å². The van der Waals surface area contributed by atoms with Gasteiger partial charge in [-0.15, -0.1) is 22.9 Å². The van der Waals surface area contributed by atoms with E-state index in [0.29, 0.717) is 5.92 Å². The van der Waals surface area contributed by atoms with E-state index in [1.54, 1.807) is 18.4 Å². The molecule has 1 unspecified atom stereocenters. The van der Waals surface area contributed by atoms with Gasteiger partial charge >= 0.3 is 0 Å². The average Bonchev–Trinajstić information content (AvgIpc) is 2.86. The maximum Gasteiger partial charge on any atom is 0.129 e. The van der Waals surface area contributed by atoms with Crippen molar-refractivity contribution >= 4 is 22.9 Å². The number of rotatable bonds is 4. The number of thiophene rings is 1. The van der Waals surface area contributed by atoms with Gasteiger partial charge < -0.3 is 4.74 Å². The third kappa shape index (κ3) is 2.88. The maximum atomic E-state index is 6.49. The molecule has 96 valence electrons. The molecule has 18 heavy (non-hydrogen) atoms. The zero-order chi connectivity index (χ0) is 13.1. The molecule has 2 rings (SSSR count). The molecular formula is C15H17ClOS. The summed E-state index contributed by atoms with van der Waals surface area (Å²) in [4.78, 5) is 1.12. The Morgan fingerprint density at radius 3 is 2.22 bits per heavy atom. The van der Waals surface area contributed by atoms with Crippen LogP contribution < -0.4 is 4.74 Å². The Labute approximate surface area is 117 Å². The Kier molecular flexibility index (Phi) is 4.31. The Morgan fingerprint density at radius 2 is 1.72 bits per heavy atom. The van der Waals surface area contributed by atoms with Gasteiger partial charge in [-0.05, 0) is 23.1 Å². The second-order valence-corrected chi connectivity index (χ2v) is 5.95. The molecule has 1 heterocycles. The van der Waals surface area contributed by atoms with Crippen LogP contribution in [0.25, 0.3) is 0 Å². The lowest BCUT2D eigenvalue weighted by Gasteiger charge is -2.10. The van der Waals surface area contributed by atoms with Crippen LogP contribution in [0.2, 0.25) is 0 Å². The summed E-state index contributed by atoms with van der Waals surface area (Å²) in [7, 11) is 1.67. The van der Waals surface area contributed by atoms with Crippen LogP contribution in [0.5, 0.6) is 5.75 Å². The number of alkyl halides is 1. The van der Waals surface area contributed by atoms with Crippen LogP contribution in [0.4, 0.5) is 0 Å². The summed E-state index contributed by atoms with van der Waals surface area (Å²) in [5.41, 5.74) is 2.47. The van der Waals surface area contributed by atoms with E-state index in [4.69, 9.17) is 16.3 Å². The Balaban J connectivity index is 2.20. The maximum absolute atomic E-state index is 6.49. The second kappa shape index (κ2) is 5.77. The van der Waals surface area contributed by atoms with Gasteiger partial charge in [0, 0.05) is 10.3 Å². The van der Waals surface area contributed by atoms with E-state index >= 15 is 0 Å². The van der Waals surface area contributed by atoms with Crippen molar-refractivity contribution < 1.29 is 4.74 Å². The van der Waals surface area contributed by atoms with Gasteiger partial charge in [0.05, 0.1) is 12.5 Å². The van der Waals surface area contributed by atoms with Crippen LogP contribution in [0.3, 0.4) is 0 Å². The first-order valence-electron chi connectivity index (χ1n) is 5.98. The van der Waals surface area contributed by atoms with Crippen LogP contribution in [0.15, 0.2) is 35.7 Å². The van der Waals surface area contributed by atoms with Gasteiger partial charge in [0.1, 0.15) is 5.75 Å². The molecule has 0 amide bonds. The number of hydrogen-bond acceptors (Lipinski definition) is 2. The Hall–Kier alpha value is -0.990. The lowest BCUT2D eigenvalue weighted by Crippen LogP contribution is -1.92. The molecule has 0 saturated heterocycles. The van der Waals surface area contributed by atoms with Crippen LogP contribution >= 0.6 is 22.9 Å². The van der Waals surface area contributed by atoms with Crippen molar-refractivity contribution in [2.45, 2.75) is 25.1 Å². The molecule has 0 fully saturated rings. The van der Waals surface area contributed by atoms with Crippen molar-refractivity contribution in [2.24, 2.45) is 0 Å². The average molecular weight is 281 g/mol. The zero-order valence-electron chi connectivity index (χ0n) is 10.8. The van der Waals surface area contributed by atoms with Gasteiger partial charge in [-0.2, -0.15) is 0 Å². The normalized spacial score (nSPS) is 12.7. The van der Waals surface area contributed by atoms with Gasteiger partial charge in [0.15, 0.2) is 0 Å². The van der Waals surface area contributed by atoms with Gasteiger partial charge in [0.2, 0.25) is 0 Å². The summed E-state index contributed by atoms with van der Waals surface area (Å²) in [5.74, 6) is 1.43. The SMILES string of the molecule is COc1csc(C(Cl)c2ccc(C(C)C)cc2)c1. The van der Waals surface area contributed by atoms with Crippen molar-refractivity contribution in [1.29, 1.82) is 0 Å². The molecule has 1 atom stereocenters. The van der Waals surface area contributed by atoms with Crippen molar-refractivity contribution in [3.8, 4) is 5.75 Å². The Morgan fingerprint density at radius 1 is 1.11 bits per heavy atom. The van der Waals surface area contributed by atoms with E-state index in [2.05, 4.69) is 38.1 Å². The summed E-state index contributed by atoms with van der Waals surface area (Å²) in [5, 5.41) is 1.88. The molecule has 0 aliphatic carbocycles. The third-order valence-corrected chi connectivity index (χ3v) is 4.57. The number of ether oxygens (including phenoxy) is 1. The van der Waals surface area contributed by atoms with Crippen molar-refractivity contribution in [3.05, 3.63) is 51.7 Å². The second-order valence-electron chi connectivity index (χ2n) is 4.57. The third-order valence-electron chi connectivity index (χ3n) is 2.98. The monoisotopic (exact) mass is 280 g/mol. The number of benzene rings is 1. The summed E-state index contributed by atoms with van der Waals surface area (Å²) < 4.78 is 5.18. The van der Waals surface area contributed by atoms with E-state index in [9.17, 15) is 0 Å². The first-order chi connectivity index (χ1) is 8.61. The highest BCUT2D eigenvalue weighted by molar-refractivity contribution is 7.10. The number of halogens is 1. The molecule has 0 radical (unpaired) electrons. The minimum Gasteiger partial charge on any atom is -0.496 e. The molecule has 1 aromatic carbocycles. The largest absolute Gasteiger partial charge is 0.496 e. The molecule has 1 aromatic heterocycles. The molecule has 0 saturated carbocycles. The molecule has 1 nitrogen and oxygen atoms in total. The first kappa shape index (κ1) is 13.4. The van der Waals surface area contributed by atoms with Crippen LogP contribution in [0.1, 0.15) is 41.1 Å². The first-order valence-corrected chi connectivity index (χ1v) is 7.29. The standard InChI is InChI=1S/C15H17ClOS/c1-10(2)11-4-6-12(7-5-11)15(16)14-8-13(17-3)9-18-14/h4-10,15H,1-3H3. The molecule has 0 N–H and O–H groups in total. The molecule has 0 aliphatic heterocycles. The molecular weight excluding hydrogens is 264 g/mol. The predicted molar refractivity (Wildman–Crippen MR) is 79.1 cm³/mol. The molecule has 0 aliphatic rings. The number of methoxy groups -OCH3 is 1. The fourth-order valence-electron chi connectivity index (χ4n) is 1.79. The smallest absolute Gasteiger partial charge is 0.129 e. The van der Waals surface area contributed by atoms with Crippen molar-refractivity contribution in [2.75, 3.05) is 7.11 Å². The zero-order valence-corrected chi connectivity index (χ0v) is 12.4. The van der Waals surface area contributed by atoms with Crippen LogP contribution in [-0.4, -0.2) is 7.11 Å². The summed E-state index contributed by atoms with van der Waals surface area (Å²) in [6.07, 6.45) is 0. The van der Waals surface area contributed by atoms with E-state index < -0.39 is 0 Å².